The zero-order valence-corrected chi connectivity index (χ0v) is 8.30. The number of alkyl halides is 1. The van der Waals surface area contributed by atoms with Gasteiger partial charge in [-0.05, 0) is 6.08 Å². The van der Waals surface area contributed by atoms with E-state index >= 15 is 0 Å². The molecule has 0 radical (unpaired) electrons. The van der Waals surface area contributed by atoms with Crippen LogP contribution >= 0.6 is 34.8 Å². The monoisotopic (exact) mass is 222 g/mol. The molecule has 0 amide bonds. The number of allylic oxidation sites excluding steroid dienone is 3. The summed E-state index contributed by atoms with van der Waals surface area (Å²) in [4.78, 5) is 10.0. The Morgan fingerprint density at radius 1 is 1.58 bits per heavy atom. The minimum Gasteiger partial charge on any atom is -0.293 e. The van der Waals surface area contributed by atoms with Gasteiger partial charge in [-0.3, -0.25) is 4.79 Å². The maximum atomic E-state index is 11.0. The summed E-state index contributed by atoms with van der Waals surface area (Å²) in [6.07, 6.45) is 1.51. The van der Waals surface area contributed by atoms with Crippen LogP contribution < -0.4 is 0 Å². The summed E-state index contributed by atoms with van der Waals surface area (Å²) in [6, 6.07) is 0. The summed E-state index contributed by atoms with van der Waals surface area (Å²) in [7, 11) is 0. The van der Waals surface area contributed by atoms with Crippen molar-refractivity contribution in [3.05, 3.63) is 28.5 Å². The molecule has 0 aromatic carbocycles. The van der Waals surface area contributed by atoms with Gasteiger partial charge in [-0.2, -0.15) is 0 Å². The van der Waals surface area contributed by atoms with Gasteiger partial charge in [0.15, 0.2) is 5.78 Å². The zero-order valence-electron chi connectivity index (χ0n) is 6.03. The molecule has 0 aromatic heterocycles. The van der Waals surface area contributed by atoms with E-state index in [0.29, 0.717) is 0 Å². The van der Waals surface area contributed by atoms with Crippen LogP contribution in [0.5, 0.6) is 0 Å². The van der Waals surface area contributed by atoms with Crippen LogP contribution in [0.3, 0.4) is 0 Å². The van der Waals surface area contributed by atoms with E-state index in [9.17, 15) is 4.79 Å². The Morgan fingerprint density at radius 3 is 2.50 bits per heavy atom. The molecule has 0 spiro atoms. The molecule has 0 saturated heterocycles. The van der Waals surface area contributed by atoms with Crippen molar-refractivity contribution in [3.8, 4) is 0 Å². The summed E-state index contributed by atoms with van der Waals surface area (Å²) >= 11 is 17.3. The molecule has 12 heavy (non-hydrogen) atoms. The quantitative estimate of drug-likeness (QED) is 0.493. The van der Waals surface area contributed by atoms with Gasteiger partial charge in [0.2, 0.25) is 0 Å². The normalized spacial score (nSPS) is 29.1. The van der Waals surface area contributed by atoms with E-state index in [1.54, 1.807) is 0 Å². The topological polar surface area (TPSA) is 17.1 Å². The van der Waals surface area contributed by atoms with Crippen LogP contribution in [-0.2, 0) is 4.79 Å². The van der Waals surface area contributed by atoms with E-state index < -0.39 is 4.87 Å². The van der Waals surface area contributed by atoms with Crippen molar-refractivity contribution in [2.24, 2.45) is 0 Å². The number of rotatable bonds is 1. The first-order chi connectivity index (χ1) is 5.51. The Balaban J connectivity index is 3.16. The predicted molar refractivity (Wildman–Crippen MR) is 50.7 cm³/mol. The molecule has 0 aromatic rings. The summed E-state index contributed by atoms with van der Waals surface area (Å²) in [5.74, 6) is -0.247. The van der Waals surface area contributed by atoms with Gasteiger partial charge in [0.25, 0.3) is 0 Å². The number of hydrogen-bond acceptors (Lipinski definition) is 1. The Bertz CT molecular complexity index is 312. The Labute approximate surface area is 85.3 Å². The minimum absolute atomic E-state index is 0.0122. The van der Waals surface area contributed by atoms with Crippen molar-refractivity contribution in [2.45, 2.75) is 11.3 Å². The van der Waals surface area contributed by atoms with Gasteiger partial charge in [-0.1, -0.05) is 29.8 Å². The third kappa shape index (κ3) is 1.46. The molecule has 1 atom stereocenters. The van der Waals surface area contributed by atoms with E-state index in [1.807, 2.05) is 0 Å². The molecule has 64 valence electrons. The van der Waals surface area contributed by atoms with Gasteiger partial charge in [0.05, 0.1) is 5.03 Å². The fraction of sp³-hybridized carbons (Fsp3) is 0.250. The SMILES string of the molecule is C=C=CC1(Cl)CC(=O)C(Cl)=C1Cl. The first-order valence-corrected chi connectivity index (χ1v) is 4.29. The smallest absolute Gasteiger partial charge is 0.177 e. The van der Waals surface area contributed by atoms with Crippen LogP contribution in [0.25, 0.3) is 0 Å². The molecule has 0 aliphatic heterocycles. The van der Waals surface area contributed by atoms with Crippen LogP contribution in [0.15, 0.2) is 28.5 Å². The maximum absolute atomic E-state index is 11.0. The van der Waals surface area contributed by atoms with Crippen LogP contribution in [0.4, 0.5) is 0 Å². The van der Waals surface area contributed by atoms with Crippen molar-refractivity contribution in [3.63, 3.8) is 0 Å². The Hall–Kier alpha value is -0.200. The lowest BCUT2D eigenvalue weighted by atomic mass is 10.1. The Kier molecular flexibility index (Phi) is 2.70. The number of carbonyl (C=O) groups excluding carboxylic acids is 1. The van der Waals surface area contributed by atoms with Gasteiger partial charge in [-0.15, -0.1) is 17.3 Å². The van der Waals surface area contributed by atoms with Gasteiger partial charge < -0.3 is 0 Å². The van der Waals surface area contributed by atoms with E-state index in [-0.39, 0.29) is 22.3 Å². The van der Waals surface area contributed by atoms with E-state index in [1.165, 1.54) is 6.08 Å². The lowest BCUT2D eigenvalue weighted by Gasteiger charge is -2.13. The summed E-state index contributed by atoms with van der Waals surface area (Å²) in [5.41, 5.74) is 2.49. The molecular weight excluding hydrogens is 218 g/mol. The maximum Gasteiger partial charge on any atom is 0.177 e. The third-order valence-corrected chi connectivity index (χ3v) is 3.10. The second-order valence-electron chi connectivity index (χ2n) is 2.44. The lowest BCUT2D eigenvalue weighted by molar-refractivity contribution is -0.114. The molecule has 1 aliphatic rings. The molecule has 0 saturated carbocycles. The lowest BCUT2D eigenvalue weighted by Crippen LogP contribution is -2.15. The number of carbonyl (C=O) groups is 1. The highest BCUT2D eigenvalue weighted by Gasteiger charge is 2.41. The molecule has 1 nitrogen and oxygen atoms in total. The number of Topliss-reactive ketones (excluding diaryl/α,β-unsaturated/α-hetero) is 1. The third-order valence-electron chi connectivity index (χ3n) is 1.55. The summed E-state index contributed by atoms with van der Waals surface area (Å²) in [5, 5.41) is 0.171. The van der Waals surface area contributed by atoms with Gasteiger partial charge in [0.1, 0.15) is 9.91 Å². The van der Waals surface area contributed by atoms with Crippen LogP contribution in [0.2, 0.25) is 0 Å². The first kappa shape index (κ1) is 9.88. The van der Waals surface area contributed by atoms with Crippen molar-refractivity contribution >= 4 is 40.6 Å². The van der Waals surface area contributed by atoms with Crippen molar-refractivity contribution in [1.29, 1.82) is 0 Å². The van der Waals surface area contributed by atoms with E-state index in [4.69, 9.17) is 34.8 Å². The van der Waals surface area contributed by atoms with E-state index in [2.05, 4.69) is 12.3 Å². The highest BCUT2D eigenvalue weighted by molar-refractivity contribution is 6.54. The molecule has 1 aliphatic carbocycles. The fourth-order valence-electron chi connectivity index (χ4n) is 0.970. The molecular formula is C8H5Cl3O. The van der Waals surface area contributed by atoms with Crippen molar-refractivity contribution in [2.75, 3.05) is 0 Å². The van der Waals surface area contributed by atoms with Crippen LogP contribution in [-0.4, -0.2) is 10.7 Å². The predicted octanol–water partition coefficient (Wildman–Crippen LogP) is 2.97. The minimum atomic E-state index is -1.02. The Morgan fingerprint density at radius 2 is 2.17 bits per heavy atom. The average molecular weight is 223 g/mol. The van der Waals surface area contributed by atoms with Gasteiger partial charge in [0, 0.05) is 6.42 Å². The van der Waals surface area contributed by atoms with Crippen LogP contribution in [0, 0.1) is 0 Å². The van der Waals surface area contributed by atoms with Crippen molar-refractivity contribution in [1.82, 2.24) is 0 Å². The van der Waals surface area contributed by atoms with Gasteiger partial charge in [-0.25, -0.2) is 0 Å². The first-order valence-electron chi connectivity index (χ1n) is 3.16. The van der Waals surface area contributed by atoms with Gasteiger partial charge >= 0.3 is 0 Å². The van der Waals surface area contributed by atoms with E-state index in [0.717, 1.165) is 0 Å². The summed E-state index contributed by atoms with van der Waals surface area (Å²) < 4.78 is 0. The summed E-state index contributed by atoms with van der Waals surface area (Å²) in [6.45, 7) is 3.35. The van der Waals surface area contributed by atoms with Crippen LogP contribution in [0.1, 0.15) is 6.42 Å². The largest absolute Gasteiger partial charge is 0.293 e. The molecule has 0 N–H and O–H groups in total. The fourth-order valence-corrected chi connectivity index (χ4v) is 1.77. The molecule has 0 bridgehead atoms. The molecule has 1 rings (SSSR count). The average Bonchev–Trinajstić information content (AvgIpc) is 2.17. The second kappa shape index (κ2) is 3.27. The van der Waals surface area contributed by atoms with Crippen molar-refractivity contribution < 1.29 is 4.79 Å². The molecule has 0 fully saturated rings. The second-order valence-corrected chi connectivity index (χ2v) is 3.87. The molecule has 1 unspecified atom stereocenters. The standard InChI is InChI=1S/C8H5Cl3O/c1-2-3-8(11)4-5(12)6(9)7(8)10/h3H,1,4H2. The molecule has 4 heteroatoms. The number of halogens is 3. The highest BCUT2D eigenvalue weighted by atomic mass is 35.5. The zero-order chi connectivity index (χ0) is 9.35. The highest BCUT2D eigenvalue weighted by Crippen LogP contribution is 2.43. The molecule has 0 heterocycles. The number of ketones is 1. The number of hydrogen-bond donors (Lipinski definition) is 0.